The molecule has 2 N–H and O–H groups in total. The molecule has 3 aromatic heterocycles. The monoisotopic (exact) mass is 1800 g/mol. The van der Waals surface area contributed by atoms with Gasteiger partial charge in [-0.1, -0.05) is 149 Å². The van der Waals surface area contributed by atoms with Crippen LogP contribution >= 0.6 is 55.0 Å². The third-order valence-electron chi connectivity index (χ3n) is 19.2. The number of ether oxygens (including phenoxy) is 8. The molecule has 0 radical (unpaired) electrons. The smallest absolute Gasteiger partial charge is 0.381 e. The number of aromatic nitrogens is 6. The first kappa shape index (κ1) is 86.4. The van der Waals surface area contributed by atoms with E-state index in [9.17, 15) is 33.0 Å². The highest BCUT2D eigenvalue weighted by atomic mass is 35.5. The maximum atomic E-state index is 13.2. The second-order valence-electron chi connectivity index (χ2n) is 27.6. The molecule has 7 aliphatic rings. The van der Waals surface area contributed by atoms with Gasteiger partial charge in [0, 0.05) is 91.7 Å². The van der Waals surface area contributed by atoms with Crippen molar-refractivity contribution in [2.75, 3.05) is 52.0 Å². The summed E-state index contributed by atoms with van der Waals surface area (Å²) in [4.78, 5) is 50.8. The number of hydrogen-bond donors (Lipinski definition) is 2. The summed E-state index contributed by atoms with van der Waals surface area (Å²) < 4.78 is 128. The van der Waals surface area contributed by atoms with Crippen LogP contribution in [0.3, 0.4) is 0 Å². The third-order valence-corrected chi connectivity index (χ3v) is 28.4. The van der Waals surface area contributed by atoms with E-state index < -0.39 is 127 Å². The average molecular weight is 1800 g/mol. The van der Waals surface area contributed by atoms with Crippen LogP contribution in [-0.2, 0) is 109 Å². The van der Waals surface area contributed by atoms with Crippen LogP contribution in [0.2, 0.25) is 15.1 Å². The Balaban J connectivity index is 0.000000145. The summed E-state index contributed by atoms with van der Waals surface area (Å²) in [6.07, 6.45) is -2.73. The molecule has 10 heterocycles. The van der Waals surface area contributed by atoms with Crippen LogP contribution in [0.25, 0.3) is 0 Å². The van der Waals surface area contributed by atoms with Gasteiger partial charge < -0.3 is 61.7 Å². The van der Waals surface area contributed by atoms with Crippen LogP contribution in [-0.4, -0.2) is 161 Å². The van der Waals surface area contributed by atoms with E-state index in [0.717, 1.165) is 34.1 Å². The molecular formula is C77H80Cl3N6O24P3S4. The highest BCUT2D eigenvalue weighted by Crippen LogP contribution is 2.61. The fraction of sp³-hybridized carbons (Fsp3) is 0.377. The number of hydrogen-bond acceptors (Lipinski definition) is 30. The number of aryl methyl sites for hydroxylation is 3. The summed E-state index contributed by atoms with van der Waals surface area (Å²) in [5.41, 5.74) is 3.65. The molecule has 7 aliphatic heterocycles. The number of aliphatic hydroxyl groups excluding tert-OH is 2. The lowest BCUT2D eigenvalue weighted by Crippen LogP contribution is -2.44. The predicted octanol–water partition coefficient (Wildman–Crippen LogP) is 12.2. The second kappa shape index (κ2) is 38.4. The van der Waals surface area contributed by atoms with Crippen molar-refractivity contribution in [3.8, 4) is 34.9 Å². The van der Waals surface area contributed by atoms with E-state index in [1.165, 1.54) is 50.9 Å². The molecule has 30 nitrogen and oxygen atoms in total. The molecular weight excluding hydrogens is 1720 g/mol. The highest BCUT2D eigenvalue weighted by Gasteiger charge is 2.57. The second-order valence-corrected chi connectivity index (χ2v) is 39.6. The zero-order chi connectivity index (χ0) is 82.2. The Morgan fingerprint density at radius 1 is 0.479 bits per heavy atom. The van der Waals surface area contributed by atoms with Crippen LogP contribution in [0.15, 0.2) is 202 Å². The van der Waals surface area contributed by atoms with Crippen LogP contribution in [0, 0.1) is 20.8 Å². The van der Waals surface area contributed by atoms with E-state index >= 15 is 0 Å². The molecule has 40 heteroatoms. The highest BCUT2D eigenvalue weighted by molar-refractivity contribution is 8.08. The maximum Gasteiger partial charge on any atom is 0.381 e. The van der Waals surface area contributed by atoms with Crippen molar-refractivity contribution in [2.45, 2.75) is 138 Å². The van der Waals surface area contributed by atoms with Crippen LogP contribution in [0.1, 0.15) is 65.8 Å². The van der Waals surface area contributed by atoms with Gasteiger partial charge in [0.25, 0.3) is 0 Å². The van der Waals surface area contributed by atoms with Crippen molar-refractivity contribution in [1.82, 2.24) is 28.7 Å². The van der Waals surface area contributed by atoms with Gasteiger partial charge in [0.2, 0.25) is 17.6 Å². The summed E-state index contributed by atoms with van der Waals surface area (Å²) in [6.45, 7) is -2.70. The number of benzene rings is 6. The largest absolute Gasteiger partial charge is 0.477 e. The van der Waals surface area contributed by atoms with Crippen molar-refractivity contribution in [3.05, 3.63) is 257 Å². The zero-order valence-corrected chi connectivity index (χ0v) is 70.9. The standard InChI is InChI=1S/C29H32ClN2O8PS.C24H24ClN2O9PS2.C24H24ClN2O7PS/c1-19-9-11-20(12-10-19)14-17-34-24-13-15-32(29(33)31-24)28-27(38-25-8-4-5-16-35-25)26-23(37-28)18-36-41(42,40-26)39-22-7-3-2-6-21(22)30;1-15-6-8-16(9-7-15)39(30,31)13-12-32-20-10-11-27(24(29)26-20)23-21(28)22-19(34-23)14-33-37(38,36-22)35-18-5-3-2-4-17(18)25;1-15-6-8-16(9-7-15)11-13-30-20-10-12-27(24(29)26-20)23-21(28)22-19(32-23)14-31-35(36,34-22)33-18-5-3-2-4-17(18)25/h2-3,6-7,9-13,15,23,25-28H,4-5,8,14,16-18H2,1H3;2-11,19,21-23,28H,12-14H2,1H3;2-10,12,19,21-23,28H,11,13-14H2,1H3/t23-,25?,26?,27?,28-,41?;19-,21?,22?,23-,37?;19-,21?,22?,23-,35?/m111/s1. The molecule has 117 heavy (non-hydrogen) atoms. The van der Waals surface area contributed by atoms with Crippen molar-refractivity contribution in [2.24, 2.45) is 0 Å². The average Bonchev–Trinajstić information content (AvgIpc) is 1.49. The molecule has 9 aromatic rings. The molecule has 0 saturated carbocycles. The summed E-state index contributed by atoms with van der Waals surface area (Å²) in [5, 5.41) is 22.9. The van der Waals surface area contributed by atoms with Gasteiger partial charge in [0.05, 0.1) is 58.8 Å². The molecule has 7 fully saturated rings. The van der Waals surface area contributed by atoms with Crippen molar-refractivity contribution >= 4 is 100 Å². The number of rotatable bonds is 24. The van der Waals surface area contributed by atoms with E-state index in [4.69, 9.17) is 149 Å². The normalized spacial score (nSPS) is 27.8. The van der Waals surface area contributed by atoms with Gasteiger partial charge in [-0.3, -0.25) is 40.8 Å². The first-order valence-electron chi connectivity index (χ1n) is 37.0. The maximum absolute atomic E-state index is 13.2. The van der Waals surface area contributed by atoms with E-state index in [1.54, 1.807) is 103 Å². The van der Waals surface area contributed by atoms with Crippen molar-refractivity contribution < 1.29 is 97.2 Å². The molecule has 6 aromatic carbocycles. The number of para-hydroxylation sites is 3. The minimum absolute atomic E-state index is 0.0290. The van der Waals surface area contributed by atoms with Crippen LogP contribution < -0.4 is 44.9 Å². The Labute approximate surface area is 702 Å². The minimum Gasteiger partial charge on any atom is -0.477 e. The Morgan fingerprint density at radius 2 is 0.846 bits per heavy atom. The topological polar surface area (TPSA) is 336 Å². The lowest BCUT2D eigenvalue weighted by Gasteiger charge is -2.36. The molecule has 0 amide bonds. The van der Waals surface area contributed by atoms with Crippen molar-refractivity contribution in [1.29, 1.82) is 0 Å². The lowest BCUT2D eigenvalue weighted by molar-refractivity contribution is -0.214. The zero-order valence-electron chi connectivity index (χ0n) is 62.7. The van der Waals surface area contributed by atoms with Crippen LogP contribution in [0.4, 0.5) is 0 Å². The van der Waals surface area contributed by atoms with Crippen LogP contribution in [0.5, 0.6) is 34.9 Å². The molecule has 10 unspecified atom stereocenters. The minimum atomic E-state index is -3.57. The van der Waals surface area contributed by atoms with Crippen molar-refractivity contribution in [3.63, 3.8) is 0 Å². The van der Waals surface area contributed by atoms with Gasteiger partial charge in [-0.25, -0.2) is 22.8 Å². The van der Waals surface area contributed by atoms with Gasteiger partial charge in [-0.2, -0.15) is 15.0 Å². The first-order valence-corrected chi connectivity index (χ1v) is 47.5. The lowest BCUT2D eigenvalue weighted by atomic mass is 10.1. The molecule has 622 valence electrons. The number of fused-ring (bicyclic) bond motifs is 3. The Morgan fingerprint density at radius 3 is 1.24 bits per heavy atom. The third kappa shape index (κ3) is 21.7. The summed E-state index contributed by atoms with van der Waals surface area (Å²) in [7, 11) is -3.57. The Hall–Kier alpha value is -6.99. The van der Waals surface area contributed by atoms with Gasteiger partial charge in [-0.05, 0) is 99.7 Å². The Bertz CT molecular complexity index is 5440. The number of aliphatic hydroxyl groups is 2. The summed E-state index contributed by atoms with van der Waals surface area (Å²) in [6, 6.07) is 47.9. The van der Waals surface area contributed by atoms with Gasteiger partial charge in [0.1, 0.15) is 78.8 Å². The number of sulfone groups is 1. The SMILES string of the molecule is Cc1ccc(CCOc2ccn([C@@H]3O[C@@H]4COP(=S)(Oc5ccccc5Cl)OC4C3O)c(=O)n2)cc1.Cc1ccc(CCOc2ccn([C@@H]3O[C@@H]4COP(=S)(Oc5ccccc5Cl)OC4C3OC3CCCCO3)c(=O)n2)cc1.Cc1ccc(S(=O)(=O)CCOc2ccn([C@@H]3O[C@@H]4COP(=S)(Oc5ccccc5Cl)OC4C3O)c(=O)n2)cc1. The first-order chi connectivity index (χ1) is 56.2. The van der Waals surface area contributed by atoms with Gasteiger partial charge in [-0.15, -0.1) is 0 Å². The molecule has 0 aliphatic carbocycles. The molecule has 7 saturated heterocycles. The quantitative estimate of drug-likeness (QED) is 0.0531. The molecule has 16 atom stereocenters. The predicted molar refractivity (Wildman–Crippen MR) is 439 cm³/mol. The van der Waals surface area contributed by atoms with E-state index in [-0.39, 0.29) is 60.5 Å². The Kier molecular flexibility index (Phi) is 28.3. The molecule has 16 rings (SSSR count). The number of halogens is 3. The molecule has 0 bridgehead atoms. The summed E-state index contributed by atoms with van der Waals surface area (Å²) >= 11 is 35.2. The molecule has 0 spiro atoms. The van der Waals surface area contributed by atoms with E-state index in [0.29, 0.717) is 65.7 Å². The number of nitrogens with zero attached hydrogens (tertiary/aromatic N) is 6. The fourth-order valence-electron chi connectivity index (χ4n) is 13.0. The van der Waals surface area contributed by atoms with E-state index in [1.807, 2.05) is 45.0 Å². The summed E-state index contributed by atoms with van der Waals surface area (Å²) in [5.74, 6) is 1.03. The van der Waals surface area contributed by atoms with E-state index in [2.05, 4.69) is 39.2 Å². The van der Waals surface area contributed by atoms with Gasteiger partial charge in [0.15, 0.2) is 34.8 Å². The fourth-order valence-corrected chi connectivity index (χ4v) is 21.3. The van der Waals surface area contributed by atoms with Gasteiger partial charge >= 0.3 is 37.2 Å².